The summed E-state index contributed by atoms with van der Waals surface area (Å²) in [6, 6.07) is 0.0679. The molecule has 0 bridgehead atoms. The third-order valence-corrected chi connectivity index (χ3v) is 3.72. The average molecular weight is 342 g/mol. The predicted octanol–water partition coefficient (Wildman–Crippen LogP) is -3.72. The third-order valence-electron chi connectivity index (χ3n) is 3.72. The molecule has 10 heteroatoms. The number of ether oxygens (including phenoxy) is 2. The van der Waals surface area contributed by atoms with E-state index in [4.69, 9.17) is 9.47 Å². The number of rotatable bonds is 3. The summed E-state index contributed by atoms with van der Waals surface area (Å²) in [6.45, 7) is 2.55. The highest BCUT2D eigenvalue weighted by atomic mass is 35.5. The topological polar surface area (TPSA) is 94.5 Å². The highest BCUT2D eigenvalue weighted by Gasteiger charge is 2.35. The van der Waals surface area contributed by atoms with Crippen LogP contribution in [0.25, 0.3) is 0 Å². The van der Waals surface area contributed by atoms with Crippen molar-refractivity contribution in [2.24, 2.45) is 0 Å². The number of nitrogens with zero attached hydrogens (tertiary/aromatic N) is 5. The summed E-state index contributed by atoms with van der Waals surface area (Å²) in [6.07, 6.45) is 2.37. The molecule has 0 aromatic carbocycles. The minimum Gasteiger partial charge on any atom is -1.00 e. The van der Waals surface area contributed by atoms with E-state index in [9.17, 15) is 9.59 Å². The zero-order valence-electron chi connectivity index (χ0n) is 12.7. The van der Waals surface area contributed by atoms with Crippen molar-refractivity contribution in [2.45, 2.75) is 0 Å². The number of hydrogen-bond donors (Lipinski definition) is 0. The number of aromatic nitrogens is 3. The smallest absolute Gasteiger partial charge is 0.336 e. The van der Waals surface area contributed by atoms with Gasteiger partial charge in [0.05, 0.1) is 27.4 Å². The number of carbonyl (C=O) groups is 2. The zero-order chi connectivity index (χ0) is 15.7. The minimum atomic E-state index is -0.478. The van der Waals surface area contributed by atoms with E-state index < -0.39 is 11.8 Å². The maximum atomic E-state index is 11.8. The Bertz CT molecular complexity index is 642. The number of likely N-dealkylation sites (N-methyl/N-ethyl adjacent to an activating group) is 1. The quantitative estimate of drug-likeness (QED) is 0.412. The van der Waals surface area contributed by atoms with Crippen LogP contribution in [0.1, 0.15) is 0 Å². The first-order valence-corrected chi connectivity index (χ1v) is 6.82. The molecule has 1 saturated heterocycles. The Balaban J connectivity index is 0.00000192. The van der Waals surface area contributed by atoms with Gasteiger partial charge < -0.3 is 21.9 Å². The van der Waals surface area contributed by atoms with Crippen LogP contribution in [0.2, 0.25) is 0 Å². The van der Waals surface area contributed by atoms with Gasteiger partial charge in [-0.1, -0.05) is 0 Å². The van der Waals surface area contributed by atoms with Crippen molar-refractivity contribution in [3.8, 4) is 6.01 Å². The first kappa shape index (κ1) is 17.3. The van der Waals surface area contributed by atoms with Crippen LogP contribution in [0.5, 0.6) is 6.01 Å². The lowest BCUT2D eigenvalue weighted by molar-refractivity contribution is -0.120. The van der Waals surface area contributed by atoms with E-state index in [0.29, 0.717) is 36.7 Å². The van der Waals surface area contributed by atoms with Gasteiger partial charge in [-0.05, 0) is 0 Å². The van der Waals surface area contributed by atoms with Gasteiger partial charge in [-0.15, -0.1) is 9.97 Å². The number of quaternary nitrogens is 1. The van der Waals surface area contributed by atoms with Crippen LogP contribution < -0.4 is 26.5 Å². The first-order chi connectivity index (χ1) is 10.5. The van der Waals surface area contributed by atoms with Crippen molar-refractivity contribution in [3.63, 3.8) is 0 Å². The Labute approximate surface area is 138 Å². The van der Waals surface area contributed by atoms with Crippen LogP contribution in [0.15, 0.2) is 12.2 Å². The van der Waals surface area contributed by atoms with E-state index in [-0.39, 0.29) is 24.4 Å². The molecule has 3 rings (SSSR count). The van der Waals surface area contributed by atoms with Crippen LogP contribution >= 0.6 is 0 Å². The molecule has 0 spiro atoms. The van der Waals surface area contributed by atoms with Crippen LogP contribution in [0, 0.1) is 0 Å². The summed E-state index contributed by atoms with van der Waals surface area (Å²) < 4.78 is 10.9. The average Bonchev–Trinajstić information content (AvgIpc) is 2.86. The molecule has 124 valence electrons. The van der Waals surface area contributed by atoms with Crippen molar-refractivity contribution in [1.82, 2.24) is 19.4 Å². The van der Waals surface area contributed by atoms with Gasteiger partial charge in [-0.3, -0.25) is 14.1 Å². The molecule has 9 nitrogen and oxygen atoms in total. The molecule has 0 radical (unpaired) electrons. The number of methoxy groups -OCH3 is 1. The van der Waals surface area contributed by atoms with E-state index in [1.807, 2.05) is 7.05 Å². The number of hydrogen-bond acceptors (Lipinski definition) is 7. The monoisotopic (exact) mass is 341 g/mol. The van der Waals surface area contributed by atoms with E-state index in [0.717, 1.165) is 4.90 Å². The maximum absolute atomic E-state index is 11.8. The van der Waals surface area contributed by atoms with Gasteiger partial charge in [0.2, 0.25) is 0 Å². The molecule has 0 saturated carbocycles. The van der Waals surface area contributed by atoms with Crippen LogP contribution in [-0.4, -0.2) is 67.2 Å². The van der Waals surface area contributed by atoms with Crippen LogP contribution in [-0.2, 0) is 14.3 Å². The number of morpholine rings is 1. The summed E-state index contributed by atoms with van der Waals surface area (Å²) in [7, 11) is 3.39. The van der Waals surface area contributed by atoms with Gasteiger partial charge in [-0.2, -0.15) is 4.98 Å². The number of amides is 2. The van der Waals surface area contributed by atoms with Gasteiger partial charge in [0, 0.05) is 12.2 Å². The molecule has 2 amide bonds. The second-order valence-electron chi connectivity index (χ2n) is 5.22. The van der Waals surface area contributed by atoms with Crippen LogP contribution in [0.3, 0.4) is 0 Å². The van der Waals surface area contributed by atoms with E-state index >= 15 is 0 Å². The van der Waals surface area contributed by atoms with Crippen LogP contribution in [0.4, 0.5) is 11.9 Å². The highest BCUT2D eigenvalue weighted by Crippen LogP contribution is 2.24. The van der Waals surface area contributed by atoms with Crippen molar-refractivity contribution in [3.05, 3.63) is 12.2 Å². The molecule has 1 aromatic heterocycles. The summed E-state index contributed by atoms with van der Waals surface area (Å²) in [5.74, 6) is -0.534. The lowest BCUT2D eigenvalue weighted by Crippen LogP contribution is -3.00. The predicted molar refractivity (Wildman–Crippen MR) is 76.3 cm³/mol. The normalized spacial score (nSPS) is 19.7. The summed E-state index contributed by atoms with van der Waals surface area (Å²) >= 11 is 0. The summed E-state index contributed by atoms with van der Waals surface area (Å²) in [4.78, 5) is 37.1. The molecule has 0 aliphatic carbocycles. The highest BCUT2D eigenvalue weighted by molar-refractivity contribution is 6.27. The molecule has 0 N–H and O–H groups in total. The second-order valence-corrected chi connectivity index (χ2v) is 5.22. The number of carbonyl (C=O) groups excluding carboxylic acids is 2. The molecule has 0 unspecified atom stereocenters. The van der Waals surface area contributed by atoms with Crippen molar-refractivity contribution in [2.75, 3.05) is 45.4 Å². The second kappa shape index (κ2) is 6.57. The van der Waals surface area contributed by atoms with Gasteiger partial charge >= 0.3 is 12.0 Å². The van der Waals surface area contributed by atoms with Gasteiger partial charge in [0.15, 0.2) is 0 Å². The van der Waals surface area contributed by atoms with Crippen molar-refractivity contribution >= 4 is 23.7 Å². The third kappa shape index (κ3) is 3.16. The Morgan fingerprint density at radius 3 is 2.30 bits per heavy atom. The molecule has 3 heterocycles. The molecular weight excluding hydrogens is 326 g/mol. The maximum Gasteiger partial charge on any atom is 0.336 e. The Kier molecular flexibility index (Phi) is 4.93. The molecule has 0 atom stereocenters. The lowest BCUT2D eigenvalue weighted by Gasteiger charge is -2.34. The van der Waals surface area contributed by atoms with Crippen molar-refractivity contribution in [1.29, 1.82) is 0 Å². The zero-order valence-corrected chi connectivity index (χ0v) is 13.5. The fraction of sp³-hybridized carbons (Fsp3) is 0.462. The van der Waals surface area contributed by atoms with Crippen molar-refractivity contribution < 1.29 is 31.5 Å². The van der Waals surface area contributed by atoms with Gasteiger partial charge in [-0.25, -0.2) is 4.90 Å². The fourth-order valence-electron chi connectivity index (χ4n) is 2.31. The molecule has 23 heavy (non-hydrogen) atoms. The summed E-state index contributed by atoms with van der Waals surface area (Å²) in [5.41, 5.74) is 0. The molecular formula is C13H16ClN5O4. The molecule has 1 aromatic rings. The van der Waals surface area contributed by atoms with Gasteiger partial charge in [0.25, 0.3) is 17.8 Å². The summed E-state index contributed by atoms with van der Waals surface area (Å²) in [5, 5.41) is 0. The molecule has 2 aliphatic heterocycles. The fourth-order valence-corrected chi connectivity index (χ4v) is 2.31. The number of halogens is 1. The SMILES string of the molecule is COc1nc(N2C(=O)C=CC2=O)nc([N+]2(C)CCOCC2)n1.[Cl-]. The van der Waals surface area contributed by atoms with E-state index in [1.165, 1.54) is 19.3 Å². The minimum absolute atomic E-state index is 0. The van der Waals surface area contributed by atoms with Gasteiger partial charge in [0.1, 0.15) is 13.1 Å². The number of anilines is 1. The first-order valence-electron chi connectivity index (χ1n) is 6.82. The Morgan fingerprint density at radius 1 is 1.13 bits per heavy atom. The molecule has 1 fully saturated rings. The number of imide groups is 1. The molecule has 2 aliphatic rings. The standard InChI is InChI=1S/C13H16N5O4.ClH/c1-18(5-7-22-8-6-18)12-14-11(15-13(16-12)21-2)17-9(19)3-4-10(17)20;/h3-4H,5-8H2,1-2H3;1H/q+1;/p-1. The van der Waals surface area contributed by atoms with E-state index in [1.54, 1.807) is 0 Å². The lowest BCUT2D eigenvalue weighted by atomic mass is 10.4. The van der Waals surface area contributed by atoms with E-state index in [2.05, 4.69) is 15.0 Å². The Morgan fingerprint density at radius 2 is 1.74 bits per heavy atom. The largest absolute Gasteiger partial charge is 1.00 e. The Hall–Kier alpha value is -2.10.